The molecule has 4 rings (SSSR count). The van der Waals surface area contributed by atoms with Gasteiger partial charge in [-0.05, 0) is 35.4 Å². The summed E-state index contributed by atoms with van der Waals surface area (Å²) >= 11 is 0. The summed E-state index contributed by atoms with van der Waals surface area (Å²) in [6.45, 7) is 0. The van der Waals surface area contributed by atoms with Gasteiger partial charge >= 0.3 is 5.97 Å². The molecule has 4 aromatic carbocycles. The van der Waals surface area contributed by atoms with E-state index in [0.717, 1.165) is 0 Å². The number of benzene rings is 4. The highest BCUT2D eigenvalue weighted by Gasteiger charge is 2.06. The molecule has 0 aliphatic rings. The molecule has 0 heterocycles. The zero-order chi connectivity index (χ0) is 18.7. The number of hydrogen-bond donors (Lipinski definition) is 0. The molecule has 0 unspecified atom stereocenters. The maximum atomic E-state index is 11.6. The van der Waals surface area contributed by atoms with Crippen LogP contribution in [0.1, 0.15) is 10.4 Å². The fourth-order valence-corrected chi connectivity index (χ4v) is 2.49. The Morgan fingerprint density at radius 2 is 0.852 bits per heavy atom. The summed E-state index contributed by atoms with van der Waals surface area (Å²) in [5.74, 6) is 0.230. The first-order valence-corrected chi connectivity index (χ1v) is 8.76. The molecule has 132 valence electrons. The minimum atomic E-state index is -0.332. The number of ether oxygens (including phenoxy) is 1. The fourth-order valence-electron chi connectivity index (χ4n) is 2.49. The van der Waals surface area contributed by atoms with Crippen molar-refractivity contribution in [3.8, 4) is 16.9 Å². The molecule has 2 heteroatoms. The van der Waals surface area contributed by atoms with E-state index in [4.69, 9.17) is 4.74 Å². The third-order valence-electron chi connectivity index (χ3n) is 3.84. The highest BCUT2D eigenvalue weighted by atomic mass is 16.5. The van der Waals surface area contributed by atoms with Crippen molar-refractivity contribution in [2.45, 2.75) is 0 Å². The van der Waals surface area contributed by atoms with Crippen molar-refractivity contribution >= 4 is 5.97 Å². The summed E-state index contributed by atoms with van der Waals surface area (Å²) in [6.07, 6.45) is 0. The lowest BCUT2D eigenvalue weighted by Gasteiger charge is -2.02. The van der Waals surface area contributed by atoms with E-state index in [2.05, 4.69) is 48.5 Å². The van der Waals surface area contributed by atoms with Crippen molar-refractivity contribution in [1.29, 1.82) is 0 Å². The van der Waals surface area contributed by atoms with Gasteiger partial charge in [-0.1, -0.05) is 97.1 Å². The third-order valence-corrected chi connectivity index (χ3v) is 3.84. The first-order valence-electron chi connectivity index (χ1n) is 8.76. The maximum Gasteiger partial charge on any atom is 0.343 e. The second kappa shape index (κ2) is 9.73. The van der Waals surface area contributed by atoms with Crippen molar-refractivity contribution in [3.63, 3.8) is 0 Å². The van der Waals surface area contributed by atoms with Gasteiger partial charge < -0.3 is 4.74 Å². The van der Waals surface area contributed by atoms with Crippen molar-refractivity contribution in [2.75, 3.05) is 0 Å². The predicted molar refractivity (Wildman–Crippen MR) is 110 cm³/mol. The second-order valence-electron chi connectivity index (χ2n) is 5.80. The predicted octanol–water partition coefficient (Wildman–Crippen LogP) is 6.26. The zero-order valence-electron chi connectivity index (χ0n) is 14.9. The van der Waals surface area contributed by atoms with Crippen LogP contribution in [0.5, 0.6) is 5.75 Å². The summed E-state index contributed by atoms with van der Waals surface area (Å²) in [7, 11) is 0. The molecule has 0 aliphatic carbocycles. The second-order valence-corrected chi connectivity index (χ2v) is 5.80. The smallest absolute Gasteiger partial charge is 0.343 e. The van der Waals surface area contributed by atoms with E-state index >= 15 is 0 Å². The van der Waals surface area contributed by atoms with Crippen LogP contribution in [0.3, 0.4) is 0 Å². The molecular formula is C25H20O2. The SMILES string of the molecule is O=C(Oc1ccccc1)c1ccccc1.c1ccc(-c2ccccc2)cc1. The van der Waals surface area contributed by atoms with Crippen LogP contribution in [0.15, 0.2) is 121 Å². The molecule has 0 spiro atoms. The molecule has 0 fully saturated rings. The minimum Gasteiger partial charge on any atom is -0.423 e. The molecule has 0 aromatic heterocycles. The van der Waals surface area contributed by atoms with Crippen LogP contribution in [0.2, 0.25) is 0 Å². The third kappa shape index (κ3) is 5.68. The van der Waals surface area contributed by atoms with Gasteiger partial charge in [-0.25, -0.2) is 4.79 Å². The lowest BCUT2D eigenvalue weighted by Crippen LogP contribution is -2.07. The van der Waals surface area contributed by atoms with Gasteiger partial charge in [0.25, 0.3) is 0 Å². The number of esters is 1. The van der Waals surface area contributed by atoms with Crippen LogP contribution in [0.4, 0.5) is 0 Å². The van der Waals surface area contributed by atoms with Gasteiger partial charge in [0, 0.05) is 0 Å². The Bertz CT molecular complexity index is 897. The molecule has 0 amide bonds. The molecule has 0 N–H and O–H groups in total. The Kier molecular flexibility index (Phi) is 6.54. The van der Waals surface area contributed by atoms with Crippen LogP contribution in [-0.2, 0) is 0 Å². The van der Waals surface area contributed by atoms with Gasteiger partial charge in [0.05, 0.1) is 5.56 Å². The average Bonchev–Trinajstić information content (AvgIpc) is 2.77. The first-order chi connectivity index (χ1) is 13.3. The summed E-state index contributed by atoms with van der Waals surface area (Å²) in [4.78, 5) is 11.6. The Morgan fingerprint density at radius 3 is 1.30 bits per heavy atom. The van der Waals surface area contributed by atoms with Gasteiger partial charge in [0.2, 0.25) is 0 Å². The highest BCUT2D eigenvalue weighted by Crippen LogP contribution is 2.17. The van der Waals surface area contributed by atoms with E-state index in [1.807, 2.05) is 48.5 Å². The highest BCUT2D eigenvalue weighted by molar-refractivity contribution is 5.90. The molecule has 4 aromatic rings. The Balaban J connectivity index is 0.000000159. The van der Waals surface area contributed by atoms with Crippen molar-refractivity contribution < 1.29 is 9.53 Å². The molecule has 0 aliphatic heterocycles. The lowest BCUT2D eigenvalue weighted by molar-refractivity contribution is 0.0735. The summed E-state index contributed by atoms with van der Waals surface area (Å²) in [6, 6.07) is 38.7. The van der Waals surface area contributed by atoms with E-state index in [0.29, 0.717) is 11.3 Å². The number of carbonyl (C=O) groups excluding carboxylic acids is 1. The van der Waals surface area contributed by atoms with Crippen LogP contribution in [0, 0.1) is 0 Å². The zero-order valence-corrected chi connectivity index (χ0v) is 14.9. The van der Waals surface area contributed by atoms with E-state index in [9.17, 15) is 4.79 Å². The Labute approximate surface area is 159 Å². The van der Waals surface area contributed by atoms with E-state index in [1.54, 1.807) is 24.3 Å². The van der Waals surface area contributed by atoms with E-state index in [1.165, 1.54) is 11.1 Å². The van der Waals surface area contributed by atoms with Crippen LogP contribution >= 0.6 is 0 Å². The number of carbonyl (C=O) groups is 1. The molecule has 27 heavy (non-hydrogen) atoms. The number of hydrogen-bond acceptors (Lipinski definition) is 2. The fraction of sp³-hybridized carbons (Fsp3) is 0. The standard InChI is InChI=1S/C13H10O2.C12H10/c14-13(11-7-3-1-4-8-11)15-12-9-5-2-6-10-12;1-3-7-11(8-4-1)12-9-5-2-6-10-12/h1-10H;1-10H. The lowest BCUT2D eigenvalue weighted by atomic mass is 10.1. The van der Waals surface area contributed by atoms with Crippen molar-refractivity contribution in [1.82, 2.24) is 0 Å². The number of para-hydroxylation sites is 1. The summed E-state index contributed by atoms with van der Waals surface area (Å²) in [5, 5.41) is 0. The van der Waals surface area contributed by atoms with Gasteiger partial charge in [-0.15, -0.1) is 0 Å². The Hall–Kier alpha value is -3.65. The van der Waals surface area contributed by atoms with Crippen molar-refractivity contribution in [2.24, 2.45) is 0 Å². The van der Waals surface area contributed by atoms with Crippen molar-refractivity contribution in [3.05, 3.63) is 127 Å². The monoisotopic (exact) mass is 352 g/mol. The van der Waals surface area contributed by atoms with Crippen LogP contribution < -0.4 is 4.74 Å². The summed E-state index contributed by atoms with van der Waals surface area (Å²) in [5.41, 5.74) is 3.11. The van der Waals surface area contributed by atoms with Gasteiger partial charge in [0.15, 0.2) is 0 Å². The van der Waals surface area contributed by atoms with Gasteiger partial charge in [-0.3, -0.25) is 0 Å². The molecule has 0 saturated heterocycles. The van der Waals surface area contributed by atoms with Crippen LogP contribution in [-0.4, -0.2) is 5.97 Å². The molecule has 0 radical (unpaired) electrons. The van der Waals surface area contributed by atoms with E-state index in [-0.39, 0.29) is 5.97 Å². The molecule has 0 atom stereocenters. The summed E-state index contributed by atoms with van der Waals surface area (Å²) < 4.78 is 5.16. The van der Waals surface area contributed by atoms with E-state index < -0.39 is 0 Å². The number of rotatable bonds is 3. The first kappa shape index (κ1) is 18.2. The van der Waals surface area contributed by atoms with Crippen LogP contribution in [0.25, 0.3) is 11.1 Å². The normalized spacial score (nSPS) is 9.63. The average molecular weight is 352 g/mol. The Morgan fingerprint density at radius 1 is 0.481 bits per heavy atom. The minimum absolute atomic E-state index is 0.332. The maximum absolute atomic E-state index is 11.6. The molecular weight excluding hydrogens is 332 g/mol. The topological polar surface area (TPSA) is 26.3 Å². The quantitative estimate of drug-likeness (QED) is 0.321. The van der Waals surface area contributed by atoms with Gasteiger partial charge in [-0.2, -0.15) is 0 Å². The largest absolute Gasteiger partial charge is 0.423 e. The van der Waals surface area contributed by atoms with Gasteiger partial charge in [0.1, 0.15) is 5.75 Å². The molecule has 0 bridgehead atoms. The molecule has 0 saturated carbocycles. The molecule has 2 nitrogen and oxygen atoms in total.